The summed E-state index contributed by atoms with van der Waals surface area (Å²) in [6.45, 7) is 0.578. The van der Waals surface area contributed by atoms with Gasteiger partial charge in [0.2, 0.25) is 10.0 Å². The van der Waals surface area contributed by atoms with Crippen LogP contribution in [0.4, 0.5) is 5.69 Å². The molecule has 0 aliphatic carbocycles. The predicted molar refractivity (Wildman–Crippen MR) is 104 cm³/mol. The Morgan fingerprint density at radius 2 is 1.61 bits per heavy atom. The van der Waals surface area contributed by atoms with Crippen LogP contribution in [-0.4, -0.2) is 54.6 Å². The fraction of sp³-hybridized carbons (Fsp3) is 0.235. The zero-order valence-corrected chi connectivity index (χ0v) is 16.7. The molecule has 1 amide bonds. The highest BCUT2D eigenvalue weighted by atomic mass is 35.5. The Balaban J connectivity index is 1.70. The van der Waals surface area contributed by atoms with E-state index in [1.165, 1.54) is 51.7 Å². The van der Waals surface area contributed by atoms with Gasteiger partial charge in [-0.2, -0.15) is 4.31 Å². The van der Waals surface area contributed by atoms with E-state index in [1.54, 1.807) is 0 Å². The molecule has 28 heavy (non-hydrogen) atoms. The lowest BCUT2D eigenvalue weighted by Crippen LogP contribution is -2.50. The van der Waals surface area contributed by atoms with Crippen molar-refractivity contribution in [2.24, 2.45) is 0 Å². The highest BCUT2D eigenvalue weighted by molar-refractivity contribution is 7.89. The third-order valence-corrected chi connectivity index (χ3v) is 6.98. The van der Waals surface area contributed by atoms with Gasteiger partial charge >= 0.3 is 0 Å². The molecule has 1 aliphatic rings. The van der Waals surface area contributed by atoms with E-state index in [9.17, 15) is 23.3 Å². The van der Waals surface area contributed by atoms with E-state index in [-0.39, 0.29) is 52.7 Å². The van der Waals surface area contributed by atoms with E-state index < -0.39 is 14.9 Å². The molecule has 1 aliphatic heterocycles. The molecule has 2 aromatic rings. The number of sulfonamides is 1. The maximum atomic E-state index is 12.8. The van der Waals surface area contributed by atoms with Gasteiger partial charge in [-0.25, -0.2) is 8.42 Å². The van der Waals surface area contributed by atoms with Gasteiger partial charge in [0.25, 0.3) is 11.6 Å². The number of non-ortho nitro benzene ring substituents is 1. The molecule has 0 spiro atoms. The highest BCUT2D eigenvalue weighted by Crippen LogP contribution is 2.28. The number of rotatable bonds is 4. The van der Waals surface area contributed by atoms with Crippen LogP contribution in [0.15, 0.2) is 47.4 Å². The Labute approximate surface area is 171 Å². The van der Waals surface area contributed by atoms with Crippen molar-refractivity contribution in [1.82, 2.24) is 9.21 Å². The van der Waals surface area contributed by atoms with E-state index in [2.05, 4.69) is 0 Å². The number of carbonyl (C=O) groups is 1. The number of hydrogen-bond acceptors (Lipinski definition) is 5. The first-order valence-electron chi connectivity index (χ1n) is 8.19. The molecule has 11 heteroatoms. The lowest BCUT2D eigenvalue weighted by atomic mass is 10.1. The van der Waals surface area contributed by atoms with E-state index in [0.717, 1.165) is 0 Å². The van der Waals surface area contributed by atoms with Crippen molar-refractivity contribution < 1.29 is 18.1 Å². The Morgan fingerprint density at radius 3 is 2.18 bits per heavy atom. The van der Waals surface area contributed by atoms with E-state index >= 15 is 0 Å². The third kappa shape index (κ3) is 4.12. The van der Waals surface area contributed by atoms with Crippen LogP contribution in [0.3, 0.4) is 0 Å². The summed E-state index contributed by atoms with van der Waals surface area (Å²) < 4.78 is 26.9. The minimum atomic E-state index is -3.84. The molecule has 0 aromatic heterocycles. The van der Waals surface area contributed by atoms with Crippen LogP contribution in [0.25, 0.3) is 0 Å². The maximum Gasteiger partial charge on any atom is 0.269 e. The molecule has 0 saturated carbocycles. The normalized spacial score (nSPS) is 15.4. The van der Waals surface area contributed by atoms with Gasteiger partial charge in [-0.3, -0.25) is 14.9 Å². The maximum absolute atomic E-state index is 12.8. The summed E-state index contributed by atoms with van der Waals surface area (Å²) in [5, 5.41) is 11.0. The number of benzene rings is 2. The molecule has 0 N–H and O–H groups in total. The van der Waals surface area contributed by atoms with E-state index in [1.807, 2.05) is 0 Å². The van der Waals surface area contributed by atoms with Gasteiger partial charge < -0.3 is 4.90 Å². The monoisotopic (exact) mass is 443 g/mol. The molecule has 2 aromatic carbocycles. The molecular weight excluding hydrogens is 429 g/mol. The standard InChI is InChI=1S/C17H15Cl2N3O5S/c18-13-3-6-15(19)16(11-13)28(26,27)21-9-7-20(8-10-21)17(23)12-1-4-14(5-2-12)22(24)25/h1-6,11H,7-10H2. The number of hydrogen-bond donors (Lipinski definition) is 0. The number of amides is 1. The first-order valence-corrected chi connectivity index (χ1v) is 10.4. The molecular formula is C17H15Cl2N3O5S. The Kier molecular flexibility index (Phi) is 5.90. The molecule has 1 fully saturated rings. The summed E-state index contributed by atoms with van der Waals surface area (Å²) in [7, 11) is -3.84. The van der Waals surface area contributed by atoms with Crippen molar-refractivity contribution in [1.29, 1.82) is 0 Å². The van der Waals surface area contributed by atoms with Crippen molar-refractivity contribution in [2.45, 2.75) is 4.90 Å². The summed E-state index contributed by atoms with van der Waals surface area (Å²) in [4.78, 5) is 24.2. The summed E-state index contributed by atoms with van der Waals surface area (Å²) in [5.74, 6) is -0.312. The fourth-order valence-electron chi connectivity index (χ4n) is 2.85. The molecule has 3 rings (SSSR count). The van der Waals surface area contributed by atoms with Gasteiger partial charge in [-0.15, -0.1) is 0 Å². The fourth-order valence-corrected chi connectivity index (χ4v) is 5.01. The van der Waals surface area contributed by atoms with Crippen LogP contribution in [0, 0.1) is 10.1 Å². The summed E-state index contributed by atoms with van der Waals surface area (Å²) in [5.41, 5.74) is 0.200. The topological polar surface area (TPSA) is 101 Å². The largest absolute Gasteiger partial charge is 0.336 e. The summed E-state index contributed by atoms with van der Waals surface area (Å²) in [6, 6.07) is 9.51. The first-order chi connectivity index (χ1) is 13.2. The second-order valence-electron chi connectivity index (χ2n) is 6.08. The van der Waals surface area contributed by atoms with Crippen LogP contribution < -0.4 is 0 Å². The van der Waals surface area contributed by atoms with Gasteiger partial charge in [0, 0.05) is 48.9 Å². The van der Waals surface area contributed by atoms with Crippen LogP contribution in [-0.2, 0) is 10.0 Å². The second kappa shape index (κ2) is 8.04. The zero-order valence-electron chi connectivity index (χ0n) is 14.4. The Hall–Kier alpha value is -2.20. The number of halogens is 2. The predicted octanol–water partition coefficient (Wildman–Crippen LogP) is 3.05. The quantitative estimate of drug-likeness (QED) is 0.533. The van der Waals surface area contributed by atoms with Crippen LogP contribution in [0.1, 0.15) is 10.4 Å². The average Bonchev–Trinajstić information content (AvgIpc) is 2.69. The van der Waals surface area contributed by atoms with Gasteiger partial charge in [-0.1, -0.05) is 23.2 Å². The van der Waals surface area contributed by atoms with Crippen LogP contribution in [0.5, 0.6) is 0 Å². The minimum Gasteiger partial charge on any atom is -0.336 e. The lowest BCUT2D eigenvalue weighted by Gasteiger charge is -2.34. The first kappa shape index (κ1) is 20.5. The molecule has 8 nitrogen and oxygen atoms in total. The molecule has 0 radical (unpaired) electrons. The molecule has 0 unspecified atom stereocenters. The number of nitro benzene ring substituents is 1. The molecule has 148 valence electrons. The van der Waals surface area contributed by atoms with Crippen LogP contribution in [0.2, 0.25) is 10.0 Å². The molecule has 1 heterocycles. The zero-order chi connectivity index (χ0) is 20.5. The van der Waals surface area contributed by atoms with E-state index in [0.29, 0.717) is 5.56 Å². The Morgan fingerprint density at radius 1 is 1.00 bits per heavy atom. The number of nitrogens with zero attached hydrogens (tertiary/aromatic N) is 3. The van der Waals surface area contributed by atoms with Gasteiger partial charge in [0.15, 0.2) is 0 Å². The lowest BCUT2D eigenvalue weighted by molar-refractivity contribution is -0.384. The third-order valence-electron chi connectivity index (χ3n) is 4.36. The van der Waals surface area contributed by atoms with Crippen LogP contribution >= 0.6 is 23.2 Å². The SMILES string of the molecule is O=C(c1ccc([N+](=O)[O-])cc1)N1CCN(S(=O)(=O)c2cc(Cl)ccc2Cl)CC1. The summed E-state index contributed by atoms with van der Waals surface area (Å²) in [6.07, 6.45) is 0. The highest BCUT2D eigenvalue weighted by Gasteiger charge is 2.32. The molecule has 0 bridgehead atoms. The van der Waals surface area contributed by atoms with Crippen molar-refractivity contribution in [3.8, 4) is 0 Å². The molecule has 1 saturated heterocycles. The van der Waals surface area contributed by atoms with Crippen molar-refractivity contribution in [2.75, 3.05) is 26.2 Å². The number of nitro groups is 1. The van der Waals surface area contributed by atoms with Gasteiger partial charge in [-0.05, 0) is 30.3 Å². The van der Waals surface area contributed by atoms with Gasteiger partial charge in [0.1, 0.15) is 4.90 Å². The van der Waals surface area contributed by atoms with Gasteiger partial charge in [0.05, 0.1) is 9.95 Å². The van der Waals surface area contributed by atoms with Crippen molar-refractivity contribution >= 4 is 44.8 Å². The van der Waals surface area contributed by atoms with Crippen molar-refractivity contribution in [3.05, 3.63) is 68.2 Å². The van der Waals surface area contributed by atoms with Crippen molar-refractivity contribution in [3.63, 3.8) is 0 Å². The summed E-state index contributed by atoms with van der Waals surface area (Å²) >= 11 is 11.9. The minimum absolute atomic E-state index is 0.0724. The second-order valence-corrected chi connectivity index (χ2v) is 8.83. The average molecular weight is 444 g/mol. The number of piperazine rings is 1. The number of carbonyl (C=O) groups excluding carboxylic acids is 1. The smallest absolute Gasteiger partial charge is 0.269 e. The Bertz CT molecular complexity index is 1020. The molecule has 0 atom stereocenters. The van der Waals surface area contributed by atoms with E-state index in [4.69, 9.17) is 23.2 Å².